The predicted molar refractivity (Wildman–Crippen MR) is 96.6 cm³/mol. The number of nitrogens with one attached hydrogen (secondary N) is 1. The van der Waals surface area contributed by atoms with Gasteiger partial charge in [0.2, 0.25) is 0 Å². The van der Waals surface area contributed by atoms with E-state index in [0.717, 1.165) is 5.69 Å². The molecule has 6 nitrogen and oxygen atoms in total. The van der Waals surface area contributed by atoms with Gasteiger partial charge >= 0.3 is 6.09 Å². The molecule has 0 atom stereocenters. The van der Waals surface area contributed by atoms with Crippen molar-refractivity contribution < 1.29 is 14.3 Å². The molecule has 0 aliphatic carbocycles. The van der Waals surface area contributed by atoms with Gasteiger partial charge in [-0.2, -0.15) is 0 Å². The quantitative estimate of drug-likeness (QED) is 0.868. The normalized spacial score (nSPS) is 10.9. The second-order valence-electron chi connectivity index (χ2n) is 6.76. The summed E-state index contributed by atoms with van der Waals surface area (Å²) in [6.07, 6.45) is -0.367. The summed E-state index contributed by atoms with van der Waals surface area (Å²) in [5, 5.41) is 2.84. The van der Waals surface area contributed by atoms with Crippen LogP contribution < -0.4 is 10.2 Å². The van der Waals surface area contributed by atoms with E-state index in [-0.39, 0.29) is 12.0 Å². The van der Waals surface area contributed by atoms with E-state index in [2.05, 4.69) is 5.32 Å². The zero-order chi connectivity index (χ0) is 18.3. The van der Waals surface area contributed by atoms with Gasteiger partial charge in [0.25, 0.3) is 5.91 Å². The van der Waals surface area contributed by atoms with E-state index in [4.69, 9.17) is 4.74 Å². The molecular weight excluding hydrogens is 306 g/mol. The van der Waals surface area contributed by atoms with Crippen molar-refractivity contribution in [1.29, 1.82) is 0 Å². The van der Waals surface area contributed by atoms with Gasteiger partial charge in [0.1, 0.15) is 5.60 Å². The van der Waals surface area contributed by atoms with Gasteiger partial charge < -0.3 is 19.9 Å². The fourth-order valence-corrected chi connectivity index (χ4v) is 2.04. The molecule has 0 fully saturated rings. The molecule has 1 aromatic rings. The largest absolute Gasteiger partial charge is 0.444 e. The third-order valence-corrected chi connectivity index (χ3v) is 3.33. The zero-order valence-electron chi connectivity index (χ0n) is 15.5. The summed E-state index contributed by atoms with van der Waals surface area (Å²) in [5.41, 5.74) is 1.04. The number of anilines is 1. The van der Waals surface area contributed by atoms with Crippen LogP contribution in [-0.4, -0.2) is 56.2 Å². The van der Waals surface area contributed by atoms with Gasteiger partial charge in [0.05, 0.1) is 0 Å². The Morgan fingerprint density at radius 3 is 2.42 bits per heavy atom. The molecule has 0 aromatic heterocycles. The molecule has 0 bridgehead atoms. The van der Waals surface area contributed by atoms with Crippen LogP contribution >= 0.6 is 0 Å². The SMILES string of the molecule is CCN(CCNC(=O)c1cccc(N(C)C)c1)C(=O)OC(C)(C)C. The number of nitrogens with zero attached hydrogens (tertiary/aromatic N) is 2. The van der Waals surface area contributed by atoms with Crippen molar-refractivity contribution in [1.82, 2.24) is 10.2 Å². The number of likely N-dealkylation sites (N-methyl/N-ethyl adjacent to an activating group) is 1. The van der Waals surface area contributed by atoms with E-state index in [1.807, 2.05) is 64.9 Å². The molecule has 24 heavy (non-hydrogen) atoms. The Morgan fingerprint density at radius 2 is 1.88 bits per heavy atom. The highest BCUT2D eigenvalue weighted by Gasteiger charge is 2.20. The van der Waals surface area contributed by atoms with Crippen molar-refractivity contribution in [3.8, 4) is 0 Å². The van der Waals surface area contributed by atoms with Crippen LogP contribution in [-0.2, 0) is 4.74 Å². The number of hydrogen-bond acceptors (Lipinski definition) is 4. The van der Waals surface area contributed by atoms with E-state index in [0.29, 0.717) is 25.2 Å². The Morgan fingerprint density at radius 1 is 1.21 bits per heavy atom. The standard InChI is InChI=1S/C18H29N3O3/c1-7-21(17(23)24-18(2,3)4)12-11-19-16(22)14-9-8-10-15(13-14)20(5)6/h8-10,13H,7,11-12H2,1-6H3,(H,19,22). The molecule has 1 N–H and O–H groups in total. The fraction of sp³-hybridized carbons (Fsp3) is 0.556. The van der Waals surface area contributed by atoms with Gasteiger partial charge in [0.15, 0.2) is 0 Å². The van der Waals surface area contributed by atoms with Crippen molar-refractivity contribution in [3.63, 3.8) is 0 Å². The van der Waals surface area contributed by atoms with E-state index in [9.17, 15) is 9.59 Å². The van der Waals surface area contributed by atoms with Gasteiger partial charge in [-0.1, -0.05) is 6.07 Å². The second kappa shape index (κ2) is 8.57. The Balaban J connectivity index is 2.54. The highest BCUT2D eigenvalue weighted by atomic mass is 16.6. The topological polar surface area (TPSA) is 61.9 Å². The maximum Gasteiger partial charge on any atom is 0.410 e. The highest BCUT2D eigenvalue weighted by Crippen LogP contribution is 2.13. The summed E-state index contributed by atoms with van der Waals surface area (Å²) in [4.78, 5) is 27.8. The first kappa shape index (κ1) is 19.8. The number of ether oxygens (including phenoxy) is 1. The lowest BCUT2D eigenvalue weighted by molar-refractivity contribution is 0.0261. The Bertz CT molecular complexity index is 565. The Hall–Kier alpha value is -2.24. The lowest BCUT2D eigenvalue weighted by atomic mass is 10.2. The molecule has 1 rings (SSSR count). The maximum atomic E-state index is 12.2. The number of amides is 2. The van der Waals surface area contributed by atoms with Crippen LogP contribution in [0.3, 0.4) is 0 Å². The van der Waals surface area contributed by atoms with Crippen molar-refractivity contribution >= 4 is 17.7 Å². The first-order chi connectivity index (χ1) is 11.1. The fourth-order valence-electron chi connectivity index (χ4n) is 2.04. The van der Waals surface area contributed by atoms with Gasteiger partial charge in [-0.05, 0) is 45.9 Å². The van der Waals surface area contributed by atoms with Crippen LogP contribution in [0, 0.1) is 0 Å². The maximum absolute atomic E-state index is 12.2. The minimum Gasteiger partial charge on any atom is -0.444 e. The summed E-state index contributed by atoms with van der Waals surface area (Å²) in [5.74, 6) is -0.154. The number of rotatable bonds is 6. The van der Waals surface area contributed by atoms with Crippen LogP contribution in [0.5, 0.6) is 0 Å². The Labute approximate surface area is 144 Å². The minimum absolute atomic E-state index is 0.154. The van der Waals surface area contributed by atoms with Crippen LogP contribution in [0.4, 0.5) is 10.5 Å². The van der Waals surface area contributed by atoms with Gasteiger partial charge in [0, 0.05) is 45.0 Å². The number of carbonyl (C=O) groups excluding carboxylic acids is 2. The van der Waals surface area contributed by atoms with Crippen LogP contribution in [0.1, 0.15) is 38.1 Å². The Kier molecular flexibility index (Phi) is 7.07. The van der Waals surface area contributed by atoms with E-state index in [1.54, 1.807) is 11.0 Å². The average molecular weight is 335 g/mol. The molecule has 2 amide bonds. The molecule has 1 aromatic carbocycles. The molecule has 134 valence electrons. The van der Waals surface area contributed by atoms with Crippen LogP contribution in [0.2, 0.25) is 0 Å². The summed E-state index contributed by atoms with van der Waals surface area (Å²) >= 11 is 0. The van der Waals surface area contributed by atoms with Crippen molar-refractivity contribution in [2.75, 3.05) is 38.6 Å². The second-order valence-corrected chi connectivity index (χ2v) is 6.76. The predicted octanol–water partition coefficient (Wildman–Crippen LogP) is 2.74. The first-order valence-corrected chi connectivity index (χ1v) is 8.17. The monoisotopic (exact) mass is 335 g/mol. The molecule has 0 unspecified atom stereocenters. The molecule has 0 saturated carbocycles. The number of carbonyl (C=O) groups is 2. The molecule has 0 aliphatic rings. The molecule has 0 heterocycles. The smallest absolute Gasteiger partial charge is 0.410 e. The third-order valence-electron chi connectivity index (χ3n) is 3.33. The van der Waals surface area contributed by atoms with Gasteiger partial charge in [-0.15, -0.1) is 0 Å². The number of benzene rings is 1. The summed E-state index contributed by atoms with van der Waals surface area (Å²) in [7, 11) is 3.86. The molecular formula is C18H29N3O3. The highest BCUT2D eigenvalue weighted by molar-refractivity contribution is 5.95. The van der Waals surface area contributed by atoms with Crippen molar-refractivity contribution in [3.05, 3.63) is 29.8 Å². The molecule has 0 spiro atoms. The van der Waals surface area contributed by atoms with Gasteiger partial charge in [-0.25, -0.2) is 4.79 Å². The lowest BCUT2D eigenvalue weighted by Crippen LogP contribution is -2.41. The van der Waals surface area contributed by atoms with Crippen molar-refractivity contribution in [2.24, 2.45) is 0 Å². The molecule has 0 saturated heterocycles. The molecule has 6 heteroatoms. The average Bonchev–Trinajstić information content (AvgIpc) is 2.49. The zero-order valence-corrected chi connectivity index (χ0v) is 15.5. The molecule has 0 radical (unpaired) electrons. The van der Waals surface area contributed by atoms with E-state index in [1.165, 1.54) is 0 Å². The van der Waals surface area contributed by atoms with Crippen LogP contribution in [0.25, 0.3) is 0 Å². The third kappa shape index (κ3) is 6.48. The van der Waals surface area contributed by atoms with E-state index >= 15 is 0 Å². The lowest BCUT2D eigenvalue weighted by Gasteiger charge is -2.26. The molecule has 0 aliphatic heterocycles. The number of hydrogen-bond donors (Lipinski definition) is 1. The van der Waals surface area contributed by atoms with E-state index < -0.39 is 5.60 Å². The summed E-state index contributed by atoms with van der Waals surface area (Å²) in [6, 6.07) is 7.40. The van der Waals surface area contributed by atoms with Gasteiger partial charge in [-0.3, -0.25) is 4.79 Å². The van der Waals surface area contributed by atoms with Crippen molar-refractivity contribution in [2.45, 2.75) is 33.3 Å². The summed E-state index contributed by atoms with van der Waals surface area (Å²) < 4.78 is 5.34. The van der Waals surface area contributed by atoms with Crippen LogP contribution in [0.15, 0.2) is 24.3 Å². The minimum atomic E-state index is -0.527. The first-order valence-electron chi connectivity index (χ1n) is 8.17. The summed E-state index contributed by atoms with van der Waals surface area (Å²) in [6.45, 7) is 8.69.